The molecule has 2 aromatic heterocycles. The van der Waals surface area contributed by atoms with Crippen molar-refractivity contribution in [1.82, 2.24) is 15.0 Å². The summed E-state index contributed by atoms with van der Waals surface area (Å²) in [7, 11) is 0. The van der Waals surface area contributed by atoms with Crippen LogP contribution in [0.5, 0.6) is 0 Å². The number of rotatable bonds is 6. The van der Waals surface area contributed by atoms with Crippen LogP contribution in [-0.4, -0.2) is 52.8 Å². The molecule has 1 amide bonds. The summed E-state index contributed by atoms with van der Waals surface area (Å²) in [5, 5.41) is 3.90. The average Bonchev–Trinajstić information content (AvgIpc) is 3.17. The molecule has 0 saturated carbocycles. The minimum Gasteiger partial charge on any atom is -0.360 e. The van der Waals surface area contributed by atoms with Gasteiger partial charge < -0.3 is 9.42 Å². The number of carbonyl (C=O) groups excluding carboxylic acids is 2. The Labute approximate surface area is 157 Å². The highest BCUT2D eigenvalue weighted by molar-refractivity contribution is 7.12. The molecule has 1 aliphatic heterocycles. The Morgan fingerprint density at radius 1 is 1.12 bits per heavy atom. The Kier molecular flexibility index (Phi) is 5.88. The molecule has 1 aliphatic rings. The second-order valence-electron chi connectivity index (χ2n) is 6.84. The predicted octanol–water partition coefficient (Wildman–Crippen LogP) is 2.97. The lowest BCUT2D eigenvalue weighted by molar-refractivity contribution is -0.133. The standard InChI is InChI=1S/C19H25N3O3S/c1-13-10-16(25-20-13)12-21-6-8-22(9-7-21)19(24)5-4-18(23)17-11-14(2)26-15(17)3/h10-11H,4-9,12H2,1-3H3. The topological polar surface area (TPSA) is 66.7 Å². The van der Waals surface area contributed by atoms with Crippen LogP contribution in [-0.2, 0) is 11.3 Å². The van der Waals surface area contributed by atoms with Crippen LogP contribution in [0.4, 0.5) is 0 Å². The van der Waals surface area contributed by atoms with E-state index >= 15 is 0 Å². The van der Waals surface area contributed by atoms with Gasteiger partial charge in [-0.25, -0.2) is 0 Å². The summed E-state index contributed by atoms with van der Waals surface area (Å²) in [5.74, 6) is 0.993. The lowest BCUT2D eigenvalue weighted by Gasteiger charge is -2.34. The van der Waals surface area contributed by atoms with Gasteiger partial charge in [-0.1, -0.05) is 5.16 Å². The van der Waals surface area contributed by atoms with E-state index < -0.39 is 0 Å². The van der Waals surface area contributed by atoms with Gasteiger partial charge in [0.2, 0.25) is 5.91 Å². The van der Waals surface area contributed by atoms with Crippen molar-refractivity contribution in [3.05, 3.63) is 38.9 Å². The van der Waals surface area contributed by atoms with E-state index in [2.05, 4.69) is 10.1 Å². The van der Waals surface area contributed by atoms with Gasteiger partial charge in [0.15, 0.2) is 11.5 Å². The van der Waals surface area contributed by atoms with Gasteiger partial charge in [0.25, 0.3) is 0 Å². The highest BCUT2D eigenvalue weighted by Gasteiger charge is 2.23. The Morgan fingerprint density at radius 2 is 1.85 bits per heavy atom. The zero-order valence-electron chi connectivity index (χ0n) is 15.6. The van der Waals surface area contributed by atoms with Crippen LogP contribution in [0.1, 0.15) is 44.4 Å². The molecule has 0 bridgehead atoms. The molecular weight excluding hydrogens is 350 g/mol. The summed E-state index contributed by atoms with van der Waals surface area (Å²) >= 11 is 1.63. The summed E-state index contributed by atoms with van der Waals surface area (Å²) in [6, 6.07) is 3.87. The SMILES string of the molecule is Cc1cc(CN2CCN(C(=O)CCC(=O)c3cc(C)sc3C)CC2)on1. The first-order valence-electron chi connectivity index (χ1n) is 8.95. The molecule has 0 aromatic carbocycles. The number of ketones is 1. The van der Waals surface area contributed by atoms with Gasteiger partial charge >= 0.3 is 0 Å². The summed E-state index contributed by atoms with van der Waals surface area (Å²) in [6.07, 6.45) is 0.571. The third-order valence-corrected chi connectivity index (χ3v) is 5.65. The molecular formula is C19H25N3O3S. The van der Waals surface area contributed by atoms with E-state index in [1.807, 2.05) is 37.8 Å². The number of piperazine rings is 1. The maximum Gasteiger partial charge on any atom is 0.223 e. The van der Waals surface area contributed by atoms with Crippen molar-refractivity contribution < 1.29 is 14.1 Å². The number of hydrogen-bond donors (Lipinski definition) is 0. The first-order valence-corrected chi connectivity index (χ1v) is 9.76. The van der Waals surface area contributed by atoms with E-state index in [-0.39, 0.29) is 24.5 Å². The normalized spacial score (nSPS) is 15.4. The van der Waals surface area contributed by atoms with Crippen LogP contribution in [0.15, 0.2) is 16.7 Å². The molecule has 0 radical (unpaired) electrons. The lowest BCUT2D eigenvalue weighted by Crippen LogP contribution is -2.48. The molecule has 7 heteroatoms. The van der Waals surface area contributed by atoms with Crippen LogP contribution >= 0.6 is 11.3 Å². The van der Waals surface area contributed by atoms with Crippen molar-refractivity contribution in [2.45, 2.75) is 40.2 Å². The van der Waals surface area contributed by atoms with Gasteiger partial charge in [-0.2, -0.15) is 0 Å². The summed E-state index contributed by atoms with van der Waals surface area (Å²) in [4.78, 5) is 31.0. The van der Waals surface area contributed by atoms with E-state index in [9.17, 15) is 9.59 Å². The van der Waals surface area contributed by atoms with Crippen molar-refractivity contribution in [3.63, 3.8) is 0 Å². The number of nitrogens with zero attached hydrogens (tertiary/aromatic N) is 3. The Bertz CT molecular complexity index is 788. The van der Waals surface area contributed by atoms with Crippen molar-refractivity contribution in [1.29, 1.82) is 0 Å². The van der Waals surface area contributed by atoms with Crippen LogP contribution in [0.2, 0.25) is 0 Å². The fraction of sp³-hybridized carbons (Fsp3) is 0.526. The number of carbonyl (C=O) groups is 2. The molecule has 26 heavy (non-hydrogen) atoms. The highest BCUT2D eigenvalue weighted by Crippen LogP contribution is 2.22. The summed E-state index contributed by atoms with van der Waals surface area (Å²) in [5.41, 5.74) is 1.65. The molecule has 3 heterocycles. The molecule has 0 unspecified atom stereocenters. The minimum atomic E-state index is 0.0677. The molecule has 6 nitrogen and oxygen atoms in total. The van der Waals surface area contributed by atoms with Crippen LogP contribution in [0, 0.1) is 20.8 Å². The Balaban J connectivity index is 1.43. The van der Waals surface area contributed by atoms with Gasteiger partial charge in [0, 0.05) is 60.4 Å². The maximum absolute atomic E-state index is 12.4. The molecule has 0 atom stereocenters. The molecule has 1 fully saturated rings. The minimum absolute atomic E-state index is 0.0677. The fourth-order valence-corrected chi connectivity index (χ4v) is 4.23. The third kappa shape index (κ3) is 4.59. The number of amides is 1. The molecule has 0 aliphatic carbocycles. The van der Waals surface area contributed by atoms with E-state index in [0.717, 1.165) is 46.4 Å². The predicted molar refractivity (Wildman–Crippen MR) is 100 cm³/mol. The average molecular weight is 375 g/mol. The number of Topliss-reactive ketones (excluding diaryl/α,β-unsaturated/α-hetero) is 1. The van der Waals surface area contributed by atoms with Crippen LogP contribution in [0.3, 0.4) is 0 Å². The maximum atomic E-state index is 12.4. The van der Waals surface area contributed by atoms with Gasteiger partial charge in [-0.15, -0.1) is 11.3 Å². The number of thiophene rings is 1. The van der Waals surface area contributed by atoms with Crippen molar-refractivity contribution in [2.75, 3.05) is 26.2 Å². The van der Waals surface area contributed by atoms with Gasteiger partial charge in [-0.3, -0.25) is 14.5 Å². The zero-order valence-corrected chi connectivity index (χ0v) is 16.4. The summed E-state index contributed by atoms with van der Waals surface area (Å²) in [6.45, 7) is 9.58. The molecule has 0 N–H and O–H groups in total. The molecule has 2 aromatic rings. The quantitative estimate of drug-likeness (QED) is 0.726. The first-order chi connectivity index (χ1) is 12.4. The summed E-state index contributed by atoms with van der Waals surface area (Å²) < 4.78 is 5.25. The third-order valence-electron chi connectivity index (χ3n) is 4.69. The highest BCUT2D eigenvalue weighted by atomic mass is 32.1. The fourth-order valence-electron chi connectivity index (χ4n) is 3.29. The first kappa shape index (κ1) is 18.8. The van der Waals surface area contributed by atoms with E-state index in [0.29, 0.717) is 13.1 Å². The second kappa shape index (κ2) is 8.14. The van der Waals surface area contributed by atoms with Crippen molar-refractivity contribution >= 4 is 23.0 Å². The van der Waals surface area contributed by atoms with Crippen LogP contribution in [0.25, 0.3) is 0 Å². The number of aryl methyl sites for hydroxylation is 3. The van der Waals surface area contributed by atoms with Crippen LogP contribution < -0.4 is 0 Å². The smallest absolute Gasteiger partial charge is 0.223 e. The number of hydrogen-bond acceptors (Lipinski definition) is 6. The molecule has 1 saturated heterocycles. The second-order valence-corrected chi connectivity index (χ2v) is 8.30. The molecule has 140 valence electrons. The van der Waals surface area contributed by atoms with Gasteiger partial charge in [-0.05, 0) is 26.8 Å². The monoisotopic (exact) mass is 375 g/mol. The molecule has 0 spiro atoms. The van der Waals surface area contributed by atoms with Gasteiger partial charge in [0.1, 0.15) is 0 Å². The molecule has 3 rings (SSSR count). The van der Waals surface area contributed by atoms with E-state index in [1.165, 1.54) is 0 Å². The largest absolute Gasteiger partial charge is 0.360 e. The Hall–Kier alpha value is -1.99. The van der Waals surface area contributed by atoms with Crippen molar-refractivity contribution in [2.24, 2.45) is 0 Å². The Morgan fingerprint density at radius 3 is 2.42 bits per heavy atom. The van der Waals surface area contributed by atoms with Gasteiger partial charge in [0.05, 0.1) is 12.2 Å². The van der Waals surface area contributed by atoms with Crippen molar-refractivity contribution in [3.8, 4) is 0 Å². The number of aromatic nitrogens is 1. The lowest BCUT2D eigenvalue weighted by atomic mass is 10.1. The van der Waals surface area contributed by atoms with E-state index in [4.69, 9.17) is 4.52 Å². The zero-order chi connectivity index (χ0) is 18.7. The van der Waals surface area contributed by atoms with E-state index in [1.54, 1.807) is 11.3 Å².